The lowest BCUT2D eigenvalue weighted by Gasteiger charge is -2.53. The second-order valence-electron chi connectivity index (χ2n) is 12.9. The van der Waals surface area contributed by atoms with E-state index in [0.29, 0.717) is 41.6 Å². The summed E-state index contributed by atoms with van der Waals surface area (Å²) in [6, 6.07) is 5.92. The number of aromatic hydroxyl groups is 1. The summed E-state index contributed by atoms with van der Waals surface area (Å²) in [6.45, 7) is 3.69. The number of benzene rings is 1. The number of hydrogen-bond acceptors (Lipinski definition) is 3. The van der Waals surface area contributed by atoms with E-state index in [2.05, 4.69) is 13.0 Å². The van der Waals surface area contributed by atoms with Crippen LogP contribution in [-0.2, 0) is 6.42 Å². The fourth-order valence-electron chi connectivity index (χ4n) is 8.31. The standard InChI is InChI=1S/C32H47F5O2S/c1-3-28(31(33,34)32(35,36)37)40-18-10-8-6-4-5-7-9-11-21-19-22-20-23(38)12-13-24(22)25-16-17-30(2)26(29(21)25)14-15-27(30)39/h12-13,20-21,25-29,38-39H,3-11,14-19H2,1-2H3/t21-,25?,26?,27+,28?,29?,30+/m1/s1. The predicted octanol–water partition coefficient (Wildman–Crippen LogP) is 9.67. The lowest BCUT2D eigenvalue weighted by molar-refractivity contribution is -0.281. The van der Waals surface area contributed by atoms with Crippen LogP contribution in [0, 0.1) is 23.2 Å². The quantitative estimate of drug-likeness (QED) is 0.178. The van der Waals surface area contributed by atoms with E-state index in [9.17, 15) is 32.2 Å². The topological polar surface area (TPSA) is 40.5 Å². The number of fused-ring (bicyclic) bond motifs is 5. The lowest BCUT2D eigenvalue weighted by atomic mass is 9.52. The highest BCUT2D eigenvalue weighted by molar-refractivity contribution is 7.99. The van der Waals surface area contributed by atoms with Crippen LogP contribution in [0.3, 0.4) is 0 Å². The van der Waals surface area contributed by atoms with Crippen molar-refractivity contribution in [3.63, 3.8) is 0 Å². The third kappa shape index (κ3) is 6.63. The number of halogens is 5. The van der Waals surface area contributed by atoms with E-state index in [4.69, 9.17) is 0 Å². The molecule has 3 aliphatic carbocycles. The maximum atomic E-state index is 13.6. The zero-order valence-electron chi connectivity index (χ0n) is 24.0. The molecule has 8 heteroatoms. The van der Waals surface area contributed by atoms with Crippen LogP contribution >= 0.6 is 11.8 Å². The number of hydrogen-bond donors (Lipinski definition) is 2. The normalized spacial score (nSPS) is 30.9. The summed E-state index contributed by atoms with van der Waals surface area (Å²) in [5.41, 5.74) is 2.73. The van der Waals surface area contributed by atoms with Crippen LogP contribution in [-0.4, -0.2) is 39.4 Å². The number of unbranched alkanes of at least 4 members (excludes halogenated alkanes) is 6. The van der Waals surface area contributed by atoms with Crippen molar-refractivity contribution in [2.45, 2.75) is 133 Å². The van der Waals surface area contributed by atoms with Crippen molar-refractivity contribution >= 4 is 11.8 Å². The Hall–Kier alpha value is -1.02. The van der Waals surface area contributed by atoms with Gasteiger partial charge < -0.3 is 10.2 Å². The van der Waals surface area contributed by atoms with E-state index in [0.717, 1.165) is 88.8 Å². The van der Waals surface area contributed by atoms with Crippen molar-refractivity contribution < 1.29 is 32.2 Å². The van der Waals surface area contributed by atoms with Crippen molar-refractivity contribution in [1.82, 2.24) is 0 Å². The van der Waals surface area contributed by atoms with E-state index in [1.54, 1.807) is 0 Å². The van der Waals surface area contributed by atoms with E-state index in [1.807, 2.05) is 12.1 Å². The van der Waals surface area contributed by atoms with Crippen LogP contribution in [0.4, 0.5) is 22.0 Å². The van der Waals surface area contributed by atoms with Gasteiger partial charge in [-0.15, -0.1) is 0 Å². The monoisotopic (exact) mass is 590 g/mol. The van der Waals surface area contributed by atoms with E-state index in [-0.39, 0.29) is 17.9 Å². The van der Waals surface area contributed by atoms with Crippen LogP contribution < -0.4 is 0 Å². The van der Waals surface area contributed by atoms with Crippen molar-refractivity contribution in [2.24, 2.45) is 23.2 Å². The molecule has 7 atom stereocenters. The molecule has 0 aromatic heterocycles. The second kappa shape index (κ2) is 13.1. The molecule has 228 valence electrons. The first-order valence-electron chi connectivity index (χ1n) is 15.5. The number of alkyl halides is 5. The maximum absolute atomic E-state index is 13.6. The van der Waals surface area contributed by atoms with E-state index in [1.165, 1.54) is 18.1 Å². The largest absolute Gasteiger partial charge is 0.508 e. The van der Waals surface area contributed by atoms with E-state index < -0.39 is 17.3 Å². The van der Waals surface area contributed by atoms with Gasteiger partial charge in [0.15, 0.2) is 0 Å². The molecular weight excluding hydrogens is 543 g/mol. The van der Waals surface area contributed by atoms with Gasteiger partial charge in [0.1, 0.15) is 5.75 Å². The molecule has 0 heterocycles. The Balaban J connectivity index is 1.20. The van der Waals surface area contributed by atoms with Crippen molar-refractivity contribution in [3.05, 3.63) is 29.3 Å². The van der Waals surface area contributed by atoms with E-state index >= 15 is 0 Å². The lowest BCUT2D eigenvalue weighted by Crippen LogP contribution is -2.47. The molecule has 4 unspecified atom stereocenters. The minimum atomic E-state index is -5.49. The molecule has 0 aliphatic heterocycles. The molecule has 1 aromatic carbocycles. The molecule has 0 spiro atoms. The minimum Gasteiger partial charge on any atom is -0.508 e. The summed E-state index contributed by atoms with van der Waals surface area (Å²) >= 11 is 0.753. The van der Waals surface area contributed by atoms with Crippen molar-refractivity contribution in [1.29, 1.82) is 0 Å². The molecule has 3 aliphatic rings. The molecule has 4 rings (SSSR count). The Labute approximate surface area is 240 Å². The van der Waals surface area contributed by atoms with Crippen molar-refractivity contribution in [3.8, 4) is 5.75 Å². The molecule has 2 N–H and O–H groups in total. The summed E-state index contributed by atoms with van der Waals surface area (Å²) < 4.78 is 65.1. The molecule has 2 saturated carbocycles. The maximum Gasteiger partial charge on any atom is 0.454 e. The molecule has 0 saturated heterocycles. The summed E-state index contributed by atoms with van der Waals surface area (Å²) in [5, 5.41) is 19.3. The number of rotatable bonds is 13. The summed E-state index contributed by atoms with van der Waals surface area (Å²) in [7, 11) is 0. The van der Waals surface area contributed by atoms with Crippen LogP contribution in [0.25, 0.3) is 0 Å². The first-order chi connectivity index (χ1) is 18.9. The Kier molecular flexibility index (Phi) is 10.4. The Morgan fingerprint density at radius 1 is 0.975 bits per heavy atom. The van der Waals surface area contributed by atoms with Crippen LogP contribution in [0.1, 0.15) is 114 Å². The zero-order chi connectivity index (χ0) is 29.1. The fourth-order valence-corrected chi connectivity index (χ4v) is 9.54. The van der Waals surface area contributed by atoms with Crippen LogP contribution in [0.5, 0.6) is 5.75 Å². The fraction of sp³-hybridized carbons (Fsp3) is 0.812. The Bertz CT molecular complexity index is 969. The highest BCUT2D eigenvalue weighted by atomic mass is 32.2. The number of phenols is 1. The first kappa shape index (κ1) is 31.9. The molecule has 2 fully saturated rings. The van der Waals surface area contributed by atoms with Gasteiger partial charge in [-0.2, -0.15) is 33.7 Å². The van der Waals surface area contributed by atoms with Gasteiger partial charge in [0.25, 0.3) is 0 Å². The average Bonchev–Trinajstić information content (AvgIpc) is 3.20. The zero-order valence-corrected chi connectivity index (χ0v) is 24.8. The van der Waals surface area contributed by atoms with Gasteiger partial charge in [-0.25, -0.2) is 0 Å². The number of thioether (sulfide) groups is 1. The van der Waals surface area contributed by atoms with Gasteiger partial charge in [0.05, 0.1) is 11.4 Å². The van der Waals surface area contributed by atoms with Crippen LogP contribution in [0.15, 0.2) is 18.2 Å². The Morgan fingerprint density at radius 2 is 1.65 bits per heavy atom. The highest BCUT2D eigenvalue weighted by Gasteiger charge is 2.61. The summed E-state index contributed by atoms with van der Waals surface area (Å²) in [5.74, 6) is -1.75. The summed E-state index contributed by atoms with van der Waals surface area (Å²) in [4.78, 5) is 0. The number of aliphatic hydroxyl groups excluding tert-OH is 1. The third-order valence-corrected chi connectivity index (χ3v) is 12.1. The first-order valence-corrected chi connectivity index (χ1v) is 16.5. The highest BCUT2D eigenvalue weighted by Crippen LogP contribution is 2.62. The van der Waals surface area contributed by atoms with Gasteiger partial charge in [-0.1, -0.05) is 58.4 Å². The average molecular weight is 591 g/mol. The van der Waals surface area contributed by atoms with Gasteiger partial charge in [0, 0.05) is 0 Å². The smallest absolute Gasteiger partial charge is 0.454 e. The molecule has 0 amide bonds. The SMILES string of the molecule is CCC(SCCCCCCCCC[C@@H]1Cc2cc(O)ccc2C2CC[C@@]3(C)C(CC[C@@H]3O)C21)C(F)(F)C(F)(F)F. The van der Waals surface area contributed by atoms with Gasteiger partial charge in [0.2, 0.25) is 0 Å². The summed E-state index contributed by atoms with van der Waals surface area (Å²) in [6.07, 6.45) is 7.39. The van der Waals surface area contributed by atoms with Crippen molar-refractivity contribution in [2.75, 3.05) is 5.75 Å². The molecule has 2 nitrogen and oxygen atoms in total. The predicted molar refractivity (Wildman–Crippen MR) is 152 cm³/mol. The second-order valence-corrected chi connectivity index (χ2v) is 14.2. The third-order valence-electron chi connectivity index (χ3n) is 10.5. The minimum absolute atomic E-state index is 0.0198. The molecule has 40 heavy (non-hydrogen) atoms. The molecule has 0 bridgehead atoms. The number of aliphatic hydroxyl groups is 1. The number of phenolic OH excluding ortho intramolecular Hbond substituents is 1. The van der Waals surface area contributed by atoms with Crippen LogP contribution in [0.2, 0.25) is 0 Å². The molecule has 1 aromatic rings. The van der Waals surface area contributed by atoms with Gasteiger partial charge >= 0.3 is 12.1 Å². The molecule has 0 radical (unpaired) electrons. The van der Waals surface area contributed by atoms with Gasteiger partial charge in [-0.05, 0) is 109 Å². The Morgan fingerprint density at radius 3 is 2.33 bits per heavy atom. The molecular formula is C32H47F5O2S. The van der Waals surface area contributed by atoms with Gasteiger partial charge in [-0.3, -0.25) is 0 Å².